The van der Waals surface area contributed by atoms with Crippen LogP contribution in [0.5, 0.6) is 0 Å². The number of hydrogen-bond donors (Lipinski definition) is 1. The highest BCUT2D eigenvalue weighted by Gasteiger charge is 2.20. The van der Waals surface area contributed by atoms with Crippen LogP contribution in [0.15, 0.2) is 29.3 Å². The summed E-state index contributed by atoms with van der Waals surface area (Å²) in [4.78, 5) is 12.5. The maximum Gasteiger partial charge on any atom is 0.293 e. The van der Waals surface area contributed by atoms with E-state index in [1.165, 1.54) is 18.2 Å². The number of aromatic nitrogens is 1. The molecule has 0 saturated carbocycles. The number of halogens is 1. The summed E-state index contributed by atoms with van der Waals surface area (Å²) in [5, 5.41) is 10.9. The number of para-hydroxylation sites is 1. The second-order valence-corrected chi connectivity index (χ2v) is 5.58. The molecule has 0 fully saturated rings. The van der Waals surface area contributed by atoms with Gasteiger partial charge in [0, 0.05) is 28.3 Å². The van der Waals surface area contributed by atoms with E-state index in [0.717, 1.165) is 6.20 Å². The number of nitro groups is 1. The van der Waals surface area contributed by atoms with E-state index in [4.69, 9.17) is 10.7 Å². The molecule has 0 aliphatic rings. The molecule has 2 rings (SSSR count). The second-order valence-electron chi connectivity index (χ2n) is 3.05. The fraction of sp³-hybridized carbons (Fsp3) is 0. The summed E-state index contributed by atoms with van der Waals surface area (Å²) in [5.74, 6) is 0. The average molecular weight is 261 g/mol. The molecule has 1 aromatic carbocycles. The third-order valence-corrected chi connectivity index (χ3v) is 3.48. The number of hydrogen-bond acceptors (Lipinski definition) is 4. The Balaban J connectivity index is 2.87. The van der Waals surface area contributed by atoms with Gasteiger partial charge in [0.25, 0.3) is 14.7 Å². The second kappa shape index (κ2) is 3.46. The molecule has 0 radical (unpaired) electrons. The molecule has 84 valence electrons. The Hall–Kier alpha value is -1.60. The Bertz CT molecular complexity index is 676. The van der Waals surface area contributed by atoms with E-state index in [9.17, 15) is 18.5 Å². The molecule has 16 heavy (non-hydrogen) atoms. The lowest BCUT2D eigenvalue weighted by Crippen LogP contribution is -1.90. The van der Waals surface area contributed by atoms with E-state index >= 15 is 0 Å². The summed E-state index contributed by atoms with van der Waals surface area (Å²) in [7, 11) is 1.28. The molecule has 0 amide bonds. The van der Waals surface area contributed by atoms with E-state index in [1.54, 1.807) is 0 Å². The quantitative estimate of drug-likeness (QED) is 0.508. The van der Waals surface area contributed by atoms with Crippen LogP contribution in [0.2, 0.25) is 0 Å². The van der Waals surface area contributed by atoms with Gasteiger partial charge in [-0.1, -0.05) is 12.1 Å². The minimum Gasteiger partial charge on any atom is -0.354 e. The van der Waals surface area contributed by atoms with Crippen LogP contribution in [0.3, 0.4) is 0 Å². The zero-order chi connectivity index (χ0) is 11.9. The Morgan fingerprint density at radius 2 is 2.06 bits per heavy atom. The van der Waals surface area contributed by atoms with Gasteiger partial charge >= 0.3 is 0 Å². The highest BCUT2D eigenvalue weighted by atomic mass is 35.7. The number of H-pyrrole nitrogens is 1. The van der Waals surface area contributed by atoms with Crippen molar-refractivity contribution in [3.05, 3.63) is 34.5 Å². The molecule has 0 aliphatic carbocycles. The number of benzene rings is 1. The van der Waals surface area contributed by atoms with Crippen molar-refractivity contribution >= 4 is 36.3 Å². The van der Waals surface area contributed by atoms with Crippen molar-refractivity contribution in [2.24, 2.45) is 0 Å². The average Bonchev–Trinajstić information content (AvgIpc) is 2.59. The van der Waals surface area contributed by atoms with Crippen LogP contribution >= 0.6 is 10.7 Å². The standard InChI is InChI=1S/C8H5ClN2O4S/c9-16(14,15)7-4-10-8-5(7)2-1-3-6(8)11(12)13/h1-4,10H. The topological polar surface area (TPSA) is 93.1 Å². The molecule has 0 unspecified atom stereocenters. The predicted molar refractivity (Wildman–Crippen MR) is 58.0 cm³/mol. The first-order valence-corrected chi connectivity index (χ1v) is 6.41. The monoisotopic (exact) mass is 260 g/mol. The zero-order valence-electron chi connectivity index (χ0n) is 7.68. The lowest BCUT2D eigenvalue weighted by molar-refractivity contribution is -0.383. The van der Waals surface area contributed by atoms with Gasteiger partial charge in [-0.25, -0.2) is 8.42 Å². The summed E-state index contributed by atoms with van der Waals surface area (Å²) in [5.41, 5.74) is -0.0456. The van der Waals surface area contributed by atoms with E-state index in [2.05, 4.69) is 4.98 Å². The van der Waals surface area contributed by atoms with Crippen molar-refractivity contribution in [3.8, 4) is 0 Å². The molecule has 0 saturated heterocycles. The van der Waals surface area contributed by atoms with Crippen molar-refractivity contribution in [1.29, 1.82) is 0 Å². The van der Waals surface area contributed by atoms with Crippen LogP contribution in [0.4, 0.5) is 5.69 Å². The Kier molecular flexibility index (Phi) is 2.36. The third-order valence-electron chi connectivity index (χ3n) is 2.11. The van der Waals surface area contributed by atoms with Crippen molar-refractivity contribution in [2.75, 3.05) is 0 Å². The maximum absolute atomic E-state index is 11.2. The number of nitrogens with zero attached hydrogens (tertiary/aromatic N) is 1. The molecule has 0 bridgehead atoms. The number of aromatic amines is 1. The van der Waals surface area contributed by atoms with Crippen molar-refractivity contribution in [1.82, 2.24) is 4.98 Å². The van der Waals surface area contributed by atoms with Crippen LogP contribution in [-0.2, 0) is 9.05 Å². The van der Waals surface area contributed by atoms with Crippen molar-refractivity contribution in [3.63, 3.8) is 0 Å². The number of fused-ring (bicyclic) bond motifs is 1. The molecule has 0 atom stereocenters. The van der Waals surface area contributed by atoms with Crippen LogP contribution in [0.25, 0.3) is 10.9 Å². The van der Waals surface area contributed by atoms with Crippen LogP contribution < -0.4 is 0 Å². The summed E-state index contributed by atoms with van der Waals surface area (Å²) in [6, 6.07) is 4.14. The molecule has 2 aromatic rings. The van der Waals surface area contributed by atoms with Gasteiger partial charge in [-0.3, -0.25) is 10.1 Å². The number of nitro benzene ring substituents is 1. The summed E-state index contributed by atoms with van der Waals surface area (Å²) in [6.45, 7) is 0. The first-order chi connectivity index (χ1) is 7.41. The van der Waals surface area contributed by atoms with Gasteiger partial charge in [-0.15, -0.1) is 0 Å². The molecular formula is C8H5ClN2O4S. The van der Waals surface area contributed by atoms with E-state index in [-0.39, 0.29) is 21.5 Å². The van der Waals surface area contributed by atoms with Gasteiger partial charge in [-0.2, -0.15) is 0 Å². The molecule has 0 aliphatic heterocycles. The van der Waals surface area contributed by atoms with Gasteiger partial charge in [0.2, 0.25) is 0 Å². The van der Waals surface area contributed by atoms with Gasteiger partial charge < -0.3 is 4.98 Å². The van der Waals surface area contributed by atoms with Gasteiger partial charge in [0.1, 0.15) is 10.4 Å². The summed E-state index contributed by atoms with van der Waals surface area (Å²) in [6.07, 6.45) is 1.14. The van der Waals surface area contributed by atoms with Crippen molar-refractivity contribution < 1.29 is 13.3 Å². The highest BCUT2D eigenvalue weighted by molar-refractivity contribution is 8.14. The Morgan fingerprint density at radius 3 is 2.62 bits per heavy atom. The van der Waals surface area contributed by atoms with Gasteiger partial charge in [-0.05, 0) is 0 Å². The Morgan fingerprint density at radius 1 is 1.38 bits per heavy atom. The largest absolute Gasteiger partial charge is 0.354 e. The predicted octanol–water partition coefficient (Wildman–Crippen LogP) is 2.00. The van der Waals surface area contributed by atoms with E-state index in [1.807, 2.05) is 0 Å². The molecular weight excluding hydrogens is 256 g/mol. The maximum atomic E-state index is 11.2. The van der Waals surface area contributed by atoms with Gasteiger partial charge in [0.05, 0.1) is 4.92 Å². The summed E-state index contributed by atoms with van der Waals surface area (Å²) >= 11 is 0. The number of nitrogens with one attached hydrogen (secondary N) is 1. The molecule has 1 N–H and O–H groups in total. The molecule has 6 nitrogen and oxygen atoms in total. The lowest BCUT2D eigenvalue weighted by atomic mass is 10.2. The number of non-ortho nitro benzene ring substituents is 1. The fourth-order valence-electron chi connectivity index (χ4n) is 1.47. The normalized spacial score (nSPS) is 11.8. The molecule has 1 aromatic heterocycles. The minimum absolute atomic E-state index is 0.145. The van der Waals surface area contributed by atoms with Crippen molar-refractivity contribution in [2.45, 2.75) is 4.90 Å². The molecule has 1 heterocycles. The fourth-order valence-corrected chi connectivity index (χ4v) is 2.48. The minimum atomic E-state index is -3.91. The zero-order valence-corrected chi connectivity index (χ0v) is 9.25. The smallest absolute Gasteiger partial charge is 0.293 e. The third kappa shape index (κ3) is 1.63. The first kappa shape index (κ1) is 10.9. The van der Waals surface area contributed by atoms with E-state index < -0.39 is 14.0 Å². The van der Waals surface area contributed by atoms with Crippen LogP contribution in [0, 0.1) is 10.1 Å². The highest BCUT2D eigenvalue weighted by Crippen LogP contribution is 2.30. The van der Waals surface area contributed by atoms with E-state index in [0.29, 0.717) is 0 Å². The first-order valence-electron chi connectivity index (χ1n) is 4.10. The Labute approximate surface area is 94.4 Å². The molecule has 8 heteroatoms. The summed E-state index contributed by atoms with van der Waals surface area (Å²) < 4.78 is 22.3. The number of rotatable bonds is 2. The van der Waals surface area contributed by atoms with Crippen LogP contribution in [0.1, 0.15) is 0 Å². The van der Waals surface area contributed by atoms with Crippen LogP contribution in [-0.4, -0.2) is 18.3 Å². The lowest BCUT2D eigenvalue weighted by Gasteiger charge is -1.94. The SMILES string of the molecule is O=[N+]([O-])c1cccc2c(S(=O)(=O)Cl)c[nH]c12. The molecule has 0 spiro atoms. The van der Waals surface area contributed by atoms with Gasteiger partial charge in [0.15, 0.2) is 0 Å².